The predicted molar refractivity (Wildman–Crippen MR) is 83.8 cm³/mol. The van der Waals surface area contributed by atoms with Crippen molar-refractivity contribution >= 4 is 54.0 Å². The van der Waals surface area contributed by atoms with E-state index >= 15 is 0 Å². The van der Waals surface area contributed by atoms with Crippen LogP contribution in [0.2, 0.25) is 0 Å². The number of hydrogen-bond donors (Lipinski definition) is 2. The first-order chi connectivity index (χ1) is 9.90. The van der Waals surface area contributed by atoms with E-state index in [0.29, 0.717) is 5.69 Å². The van der Waals surface area contributed by atoms with Crippen LogP contribution in [-0.2, 0) is 14.8 Å². The van der Waals surface area contributed by atoms with Crippen LogP contribution in [0.15, 0.2) is 33.1 Å². The van der Waals surface area contributed by atoms with Gasteiger partial charge in [0, 0.05) is 10.9 Å². The molecule has 2 N–H and O–H groups in total. The third-order valence-electron chi connectivity index (χ3n) is 2.28. The van der Waals surface area contributed by atoms with E-state index in [1.807, 2.05) is 0 Å². The van der Waals surface area contributed by atoms with Crippen LogP contribution < -0.4 is 10.0 Å². The molecule has 0 saturated carbocycles. The Labute approximate surface area is 134 Å². The van der Waals surface area contributed by atoms with Gasteiger partial charge in [-0.3, -0.25) is 9.52 Å². The van der Waals surface area contributed by atoms with E-state index in [-0.39, 0.29) is 21.8 Å². The third-order valence-corrected chi connectivity index (χ3v) is 5.36. The van der Waals surface area contributed by atoms with E-state index in [9.17, 15) is 13.2 Å². The molecule has 0 bridgehead atoms. The normalized spacial score (nSPS) is 11.1. The molecule has 1 aromatic carbocycles. The molecule has 0 unspecified atom stereocenters. The molecule has 21 heavy (non-hydrogen) atoms. The van der Waals surface area contributed by atoms with Crippen LogP contribution in [0.1, 0.15) is 13.3 Å². The molecule has 2 rings (SSSR count). The summed E-state index contributed by atoms with van der Waals surface area (Å²) in [4.78, 5) is 11.2. The lowest BCUT2D eigenvalue weighted by molar-refractivity contribution is -0.115. The molecule has 1 aromatic heterocycles. The summed E-state index contributed by atoms with van der Waals surface area (Å²) < 4.78 is 27.2. The number of halogens is 1. The maximum absolute atomic E-state index is 12.2. The van der Waals surface area contributed by atoms with E-state index in [1.165, 1.54) is 0 Å². The van der Waals surface area contributed by atoms with Crippen LogP contribution >= 0.6 is 27.3 Å². The topological polar surface area (TPSA) is 101 Å². The molecule has 1 amide bonds. The van der Waals surface area contributed by atoms with E-state index < -0.39 is 10.0 Å². The molecule has 0 atom stereocenters. The third kappa shape index (κ3) is 4.22. The van der Waals surface area contributed by atoms with Crippen molar-refractivity contribution in [2.45, 2.75) is 17.7 Å². The number of anilines is 2. The molecule has 0 spiro atoms. The predicted octanol–water partition coefficient (Wildman–Crippen LogP) is 2.45. The van der Waals surface area contributed by atoms with Gasteiger partial charge in [0.05, 0.1) is 5.69 Å². The quantitative estimate of drug-likeness (QED) is 0.763. The highest BCUT2D eigenvalue weighted by Gasteiger charge is 2.21. The number of carbonyl (C=O) groups is 1. The van der Waals surface area contributed by atoms with Gasteiger partial charge in [0.1, 0.15) is 0 Å². The molecule has 0 radical (unpaired) electrons. The fraction of sp³-hybridized carbons (Fsp3) is 0.182. The molecule has 0 fully saturated rings. The maximum atomic E-state index is 12.2. The molecule has 0 aliphatic heterocycles. The number of benzene rings is 1. The first kappa shape index (κ1) is 15.9. The molecule has 10 heteroatoms. The summed E-state index contributed by atoms with van der Waals surface area (Å²) in [7, 11) is -3.83. The Balaban J connectivity index is 2.18. The standard InChI is InChI=1S/C11H11BrN4O3S2/c1-2-9(17)13-10-14-15-11(20-10)21(18,19)16-8-5-3-4-7(12)6-8/h3-6,16H,2H2,1H3,(H,13,14,17). The molecule has 1 heterocycles. The van der Waals surface area contributed by atoms with Crippen LogP contribution in [-0.4, -0.2) is 24.5 Å². The van der Waals surface area contributed by atoms with Gasteiger partial charge in [0.25, 0.3) is 14.4 Å². The number of aromatic nitrogens is 2. The highest BCUT2D eigenvalue weighted by atomic mass is 79.9. The zero-order valence-electron chi connectivity index (χ0n) is 10.8. The molecule has 0 aliphatic carbocycles. The van der Waals surface area contributed by atoms with Crippen LogP contribution in [0.5, 0.6) is 0 Å². The Morgan fingerprint density at radius 2 is 2.14 bits per heavy atom. The zero-order valence-corrected chi connectivity index (χ0v) is 14.0. The summed E-state index contributed by atoms with van der Waals surface area (Å²) in [6, 6.07) is 6.72. The number of nitrogens with zero attached hydrogens (tertiary/aromatic N) is 2. The van der Waals surface area contributed by atoms with Crippen molar-refractivity contribution in [3.8, 4) is 0 Å². The Morgan fingerprint density at radius 3 is 2.81 bits per heavy atom. The van der Waals surface area contributed by atoms with Crippen molar-refractivity contribution in [3.63, 3.8) is 0 Å². The van der Waals surface area contributed by atoms with Gasteiger partial charge in [-0.1, -0.05) is 40.3 Å². The second-order valence-electron chi connectivity index (χ2n) is 3.89. The number of amides is 1. The fourth-order valence-electron chi connectivity index (χ4n) is 1.33. The summed E-state index contributed by atoms with van der Waals surface area (Å²) in [6.07, 6.45) is 0.276. The molecule has 0 aliphatic rings. The smallest absolute Gasteiger partial charge is 0.291 e. The molecule has 7 nitrogen and oxygen atoms in total. The van der Waals surface area contributed by atoms with Gasteiger partial charge < -0.3 is 5.32 Å². The van der Waals surface area contributed by atoms with Crippen molar-refractivity contribution in [1.82, 2.24) is 10.2 Å². The number of rotatable bonds is 5. The lowest BCUT2D eigenvalue weighted by Crippen LogP contribution is -2.12. The second-order valence-corrected chi connectivity index (χ2v) is 7.64. The minimum Gasteiger partial charge on any atom is -0.301 e. The second kappa shape index (κ2) is 6.50. The SMILES string of the molecule is CCC(=O)Nc1nnc(S(=O)(=O)Nc2cccc(Br)c2)s1. The van der Waals surface area contributed by atoms with Crippen molar-refractivity contribution in [2.24, 2.45) is 0 Å². The average molecular weight is 391 g/mol. The first-order valence-electron chi connectivity index (χ1n) is 5.82. The fourth-order valence-corrected chi connectivity index (χ4v) is 3.69. The van der Waals surface area contributed by atoms with Gasteiger partial charge in [-0.25, -0.2) is 0 Å². The molecular formula is C11H11BrN4O3S2. The van der Waals surface area contributed by atoms with Crippen LogP contribution in [0.3, 0.4) is 0 Å². The number of carbonyl (C=O) groups excluding carboxylic acids is 1. The minimum absolute atomic E-state index is 0.150. The van der Waals surface area contributed by atoms with Gasteiger partial charge in [-0.2, -0.15) is 8.42 Å². The summed E-state index contributed by atoms with van der Waals surface area (Å²) >= 11 is 4.05. The van der Waals surface area contributed by atoms with E-state index in [0.717, 1.165) is 15.8 Å². The van der Waals surface area contributed by atoms with Gasteiger partial charge in [0.15, 0.2) is 0 Å². The Kier molecular flexibility index (Phi) is 4.91. The van der Waals surface area contributed by atoms with E-state index in [2.05, 4.69) is 36.2 Å². The number of hydrogen-bond acceptors (Lipinski definition) is 6. The van der Waals surface area contributed by atoms with Gasteiger partial charge in [-0.15, -0.1) is 10.2 Å². The van der Waals surface area contributed by atoms with Gasteiger partial charge in [0.2, 0.25) is 11.0 Å². The first-order valence-corrected chi connectivity index (χ1v) is 8.91. The molecule has 0 saturated heterocycles. The monoisotopic (exact) mass is 390 g/mol. The summed E-state index contributed by atoms with van der Waals surface area (Å²) in [6.45, 7) is 1.68. The Bertz CT molecular complexity index is 760. The zero-order chi connectivity index (χ0) is 15.5. The van der Waals surface area contributed by atoms with Gasteiger partial charge >= 0.3 is 0 Å². The lowest BCUT2D eigenvalue weighted by atomic mass is 10.3. The van der Waals surface area contributed by atoms with E-state index in [1.54, 1.807) is 31.2 Å². The van der Waals surface area contributed by atoms with Crippen LogP contribution in [0.4, 0.5) is 10.8 Å². The highest BCUT2D eigenvalue weighted by molar-refractivity contribution is 9.10. The summed E-state index contributed by atoms with van der Waals surface area (Å²) in [5.41, 5.74) is 0.402. The maximum Gasteiger partial charge on any atom is 0.291 e. The average Bonchev–Trinajstić information content (AvgIpc) is 2.87. The summed E-state index contributed by atoms with van der Waals surface area (Å²) in [5, 5.41) is 9.84. The largest absolute Gasteiger partial charge is 0.301 e. The number of sulfonamides is 1. The van der Waals surface area contributed by atoms with Crippen molar-refractivity contribution in [2.75, 3.05) is 10.0 Å². The van der Waals surface area contributed by atoms with Crippen LogP contribution in [0.25, 0.3) is 0 Å². The molecule has 112 valence electrons. The lowest BCUT2D eigenvalue weighted by Gasteiger charge is -2.04. The minimum atomic E-state index is -3.83. The Morgan fingerprint density at radius 1 is 1.38 bits per heavy atom. The number of nitrogens with one attached hydrogen (secondary N) is 2. The molecule has 2 aromatic rings. The van der Waals surface area contributed by atoms with Gasteiger partial charge in [-0.05, 0) is 18.2 Å². The highest BCUT2D eigenvalue weighted by Crippen LogP contribution is 2.23. The van der Waals surface area contributed by atoms with Crippen LogP contribution in [0, 0.1) is 0 Å². The van der Waals surface area contributed by atoms with Crippen molar-refractivity contribution in [1.29, 1.82) is 0 Å². The summed E-state index contributed by atoms with van der Waals surface area (Å²) in [5.74, 6) is -0.255. The molecular weight excluding hydrogens is 380 g/mol. The van der Waals surface area contributed by atoms with E-state index in [4.69, 9.17) is 0 Å². The Hall–Kier alpha value is -1.52. The van der Waals surface area contributed by atoms with Crippen molar-refractivity contribution in [3.05, 3.63) is 28.7 Å². The van der Waals surface area contributed by atoms with Crippen molar-refractivity contribution < 1.29 is 13.2 Å².